The zero-order valence-electron chi connectivity index (χ0n) is 10.3. The maximum atomic E-state index is 9.46. The predicted octanol–water partition coefficient (Wildman–Crippen LogP) is 1.20. The van der Waals surface area contributed by atoms with Crippen LogP contribution >= 0.6 is 0 Å². The molecule has 2 unspecified atom stereocenters. The van der Waals surface area contributed by atoms with Gasteiger partial charge in [0.1, 0.15) is 0 Å². The summed E-state index contributed by atoms with van der Waals surface area (Å²) in [6.45, 7) is 7.75. The van der Waals surface area contributed by atoms with Gasteiger partial charge in [0.15, 0.2) is 0 Å². The molecule has 0 aromatic heterocycles. The van der Waals surface area contributed by atoms with Crippen LogP contribution in [0.4, 0.5) is 0 Å². The second kappa shape index (κ2) is 5.83. The van der Waals surface area contributed by atoms with Gasteiger partial charge >= 0.3 is 0 Å². The molecule has 0 radical (unpaired) electrons. The molecule has 3 nitrogen and oxygen atoms in total. The smallest absolute Gasteiger partial charge is 0.0602 e. The maximum Gasteiger partial charge on any atom is 0.0602 e. The van der Waals surface area contributed by atoms with E-state index in [1.807, 2.05) is 0 Å². The van der Waals surface area contributed by atoms with Gasteiger partial charge in [0.2, 0.25) is 0 Å². The zero-order chi connectivity index (χ0) is 11.4. The Kier molecular flexibility index (Phi) is 5.03. The van der Waals surface area contributed by atoms with Crippen molar-refractivity contribution >= 4 is 0 Å². The highest BCUT2D eigenvalue weighted by molar-refractivity contribution is 4.87. The molecule has 0 saturated heterocycles. The summed E-state index contributed by atoms with van der Waals surface area (Å²) in [5.74, 6) is 0.852. The summed E-state index contributed by atoms with van der Waals surface area (Å²) in [5.41, 5.74) is 6.06. The van der Waals surface area contributed by atoms with E-state index in [1.54, 1.807) is 0 Å². The molecule has 1 saturated carbocycles. The molecule has 0 bridgehead atoms. The minimum absolute atomic E-state index is 0.0937. The van der Waals surface area contributed by atoms with Gasteiger partial charge < -0.3 is 10.8 Å². The number of rotatable bonds is 7. The molecule has 1 rings (SSSR count). The summed E-state index contributed by atoms with van der Waals surface area (Å²) in [7, 11) is 0. The van der Waals surface area contributed by atoms with Gasteiger partial charge in [-0.25, -0.2) is 0 Å². The summed E-state index contributed by atoms with van der Waals surface area (Å²) in [4.78, 5) is 2.38. The first-order valence-electron chi connectivity index (χ1n) is 6.22. The normalized spacial score (nSPS) is 21.0. The van der Waals surface area contributed by atoms with Gasteiger partial charge in [-0.1, -0.05) is 6.92 Å². The van der Waals surface area contributed by atoms with Gasteiger partial charge in [-0.2, -0.15) is 0 Å². The average Bonchev–Trinajstić information content (AvgIpc) is 3.00. The Bertz CT molecular complexity index is 180. The van der Waals surface area contributed by atoms with Crippen LogP contribution < -0.4 is 5.73 Å². The molecule has 0 aromatic carbocycles. The van der Waals surface area contributed by atoms with E-state index in [0.717, 1.165) is 18.9 Å². The molecule has 0 heterocycles. The lowest BCUT2D eigenvalue weighted by Gasteiger charge is -2.37. The highest BCUT2D eigenvalue weighted by atomic mass is 16.3. The highest BCUT2D eigenvalue weighted by Gasteiger charge is 2.31. The Hall–Kier alpha value is -0.120. The third-order valence-corrected chi connectivity index (χ3v) is 3.41. The molecule has 0 amide bonds. The Balaban J connectivity index is 2.56. The van der Waals surface area contributed by atoms with Crippen molar-refractivity contribution in [3.05, 3.63) is 0 Å². The van der Waals surface area contributed by atoms with Crippen LogP contribution in [0.1, 0.15) is 40.0 Å². The third kappa shape index (κ3) is 3.74. The van der Waals surface area contributed by atoms with E-state index in [1.165, 1.54) is 12.8 Å². The van der Waals surface area contributed by atoms with Crippen LogP contribution in [0.25, 0.3) is 0 Å². The molecule has 0 spiro atoms. The average molecular weight is 214 g/mol. The van der Waals surface area contributed by atoms with Gasteiger partial charge in [0.25, 0.3) is 0 Å². The van der Waals surface area contributed by atoms with Crippen LogP contribution in [0, 0.1) is 5.92 Å². The Labute approximate surface area is 93.6 Å². The molecule has 90 valence electrons. The van der Waals surface area contributed by atoms with Crippen molar-refractivity contribution < 1.29 is 5.11 Å². The Morgan fingerprint density at radius 3 is 2.33 bits per heavy atom. The topological polar surface area (TPSA) is 49.5 Å². The van der Waals surface area contributed by atoms with E-state index in [0.29, 0.717) is 6.04 Å². The number of aliphatic hydroxyl groups excluding tert-OH is 1. The van der Waals surface area contributed by atoms with Crippen molar-refractivity contribution in [3.63, 3.8) is 0 Å². The van der Waals surface area contributed by atoms with E-state index in [9.17, 15) is 5.11 Å². The fourth-order valence-electron chi connectivity index (χ4n) is 2.09. The van der Waals surface area contributed by atoms with Crippen molar-refractivity contribution in [1.29, 1.82) is 0 Å². The predicted molar refractivity (Wildman–Crippen MR) is 63.7 cm³/mol. The van der Waals surface area contributed by atoms with Gasteiger partial charge in [-0.05, 0) is 39.0 Å². The van der Waals surface area contributed by atoms with E-state index >= 15 is 0 Å². The second-order valence-electron chi connectivity index (χ2n) is 5.06. The van der Waals surface area contributed by atoms with Crippen LogP contribution in [0.2, 0.25) is 0 Å². The van der Waals surface area contributed by atoms with E-state index in [-0.39, 0.29) is 18.7 Å². The third-order valence-electron chi connectivity index (χ3n) is 3.41. The van der Waals surface area contributed by atoms with Crippen molar-refractivity contribution in [2.24, 2.45) is 11.7 Å². The van der Waals surface area contributed by atoms with Crippen molar-refractivity contribution in [3.8, 4) is 0 Å². The van der Waals surface area contributed by atoms with Crippen LogP contribution in [0.15, 0.2) is 0 Å². The number of hydrogen-bond donors (Lipinski definition) is 2. The maximum absolute atomic E-state index is 9.46. The van der Waals surface area contributed by atoms with Gasteiger partial charge in [-0.3, -0.25) is 4.90 Å². The molecule has 0 aliphatic heterocycles. The number of aliphatic hydroxyl groups is 1. The van der Waals surface area contributed by atoms with Crippen LogP contribution in [0.5, 0.6) is 0 Å². The van der Waals surface area contributed by atoms with Crippen molar-refractivity contribution in [1.82, 2.24) is 4.90 Å². The summed E-state index contributed by atoms with van der Waals surface area (Å²) in [6.07, 6.45) is 3.63. The van der Waals surface area contributed by atoms with Crippen LogP contribution in [-0.2, 0) is 0 Å². The van der Waals surface area contributed by atoms with Gasteiger partial charge in [0, 0.05) is 24.7 Å². The molecule has 3 N–H and O–H groups in total. The zero-order valence-corrected chi connectivity index (χ0v) is 10.3. The first-order valence-corrected chi connectivity index (χ1v) is 6.22. The Morgan fingerprint density at radius 2 is 2.00 bits per heavy atom. The minimum Gasteiger partial charge on any atom is -0.395 e. The number of hydrogen-bond acceptors (Lipinski definition) is 3. The van der Waals surface area contributed by atoms with Crippen molar-refractivity contribution in [2.75, 3.05) is 13.2 Å². The van der Waals surface area contributed by atoms with E-state index in [2.05, 4.69) is 25.7 Å². The quantitative estimate of drug-likeness (QED) is 0.669. The van der Waals surface area contributed by atoms with Gasteiger partial charge in [-0.15, -0.1) is 0 Å². The molecule has 1 fully saturated rings. The lowest BCUT2D eigenvalue weighted by atomic mass is 10.0. The highest BCUT2D eigenvalue weighted by Crippen LogP contribution is 2.31. The summed E-state index contributed by atoms with van der Waals surface area (Å²) < 4.78 is 0. The standard InChI is InChI=1S/C12H26N2O/c1-4-11(13)12(8-15)14(9(2)3)7-10-5-6-10/h9-12,15H,4-8,13H2,1-3H3. The van der Waals surface area contributed by atoms with Crippen molar-refractivity contribution in [2.45, 2.75) is 58.2 Å². The molecular formula is C12H26N2O. The van der Waals surface area contributed by atoms with Gasteiger partial charge in [0.05, 0.1) is 6.61 Å². The summed E-state index contributed by atoms with van der Waals surface area (Å²) in [5, 5.41) is 9.46. The number of nitrogens with two attached hydrogens (primary N) is 1. The minimum atomic E-state index is 0.0937. The van der Waals surface area contributed by atoms with Crippen LogP contribution in [-0.4, -0.2) is 41.3 Å². The molecule has 1 aliphatic rings. The second-order valence-corrected chi connectivity index (χ2v) is 5.06. The lowest BCUT2D eigenvalue weighted by Crippen LogP contribution is -2.53. The Morgan fingerprint density at radius 1 is 1.40 bits per heavy atom. The first kappa shape index (κ1) is 12.9. The molecule has 1 aliphatic carbocycles. The summed E-state index contributed by atoms with van der Waals surface area (Å²) >= 11 is 0. The fourth-order valence-corrected chi connectivity index (χ4v) is 2.09. The lowest BCUT2D eigenvalue weighted by molar-refractivity contribution is 0.0732. The molecule has 15 heavy (non-hydrogen) atoms. The first-order chi connectivity index (χ1) is 7.10. The van der Waals surface area contributed by atoms with E-state index in [4.69, 9.17) is 5.73 Å². The summed E-state index contributed by atoms with van der Waals surface area (Å²) in [6, 6.07) is 0.701. The van der Waals surface area contributed by atoms with E-state index < -0.39 is 0 Å². The molecule has 2 atom stereocenters. The molecular weight excluding hydrogens is 188 g/mol. The molecule has 3 heteroatoms. The van der Waals surface area contributed by atoms with Crippen LogP contribution in [0.3, 0.4) is 0 Å². The largest absolute Gasteiger partial charge is 0.395 e. The molecule has 0 aromatic rings. The number of nitrogens with zero attached hydrogens (tertiary/aromatic N) is 1. The SMILES string of the molecule is CCC(N)C(CO)N(CC1CC1)C(C)C. The monoisotopic (exact) mass is 214 g/mol. The fraction of sp³-hybridized carbons (Fsp3) is 1.00.